The molecule has 1 aromatic rings. The second kappa shape index (κ2) is 10.3. The molecule has 22 heavy (non-hydrogen) atoms. The first-order valence-electron chi connectivity index (χ1n) is 8.51. The van der Waals surface area contributed by atoms with Gasteiger partial charge in [-0.05, 0) is 43.7 Å². The maximum absolute atomic E-state index is 12.1. The van der Waals surface area contributed by atoms with Crippen molar-refractivity contribution in [2.24, 2.45) is 5.92 Å². The number of unbranched alkanes of at least 4 members (excludes halogenated alkanes) is 1. The summed E-state index contributed by atoms with van der Waals surface area (Å²) in [4.78, 5) is 12.1. The fourth-order valence-electron chi connectivity index (χ4n) is 2.42. The number of aryl methyl sites for hydroxylation is 1. The van der Waals surface area contributed by atoms with E-state index in [4.69, 9.17) is 9.47 Å². The highest BCUT2D eigenvalue weighted by Gasteiger charge is 2.17. The molecule has 0 heterocycles. The van der Waals surface area contributed by atoms with Crippen molar-refractivity contribution in [3.63, 3.8) is 0 Å². The largest absolute Gasteiger partial charge is 0.492 e. The third kappa shape index (κ3) is 6.08. The van der Waals surface area contributed by atoms with E-state index in [2.05, 4.69) is 20.8 Å². The molecule has 0 N–H and O–H groups in total. The molecule has 0 fully saturated rings. The van der Waals surface area contributed by atoms with Crippen molar-refractivity contribution in [1.82, 2.24) is 0 Å². The minimum absolute atomic E-state index is 0.294. The Kier molecular flexibility index (Phi) is 8.64. The second-order valence-electron chi connectivity index (χ2n) is 6.00. The minimum Gasteiger partial charge on any atom is -0.492 e. The Hall–Kier alpha value is -1.51. The zero-order chi connectivity index (χ0) is 16.4. The summed E-state index contributed by atoms with van der Waals surface area (Å²) < 4.78 is 11.1. The molecule has 3 heteroatoms. The first-order chi connectivity index (χ1) is 10.6. The predicted molar refractivity (Wildman–Crippen MR) is 90.6 cm³/mol. The standard InChI is InChI=1S/C19H30O3/c1-5-10-16-12-9-13-17(19(20)21-6-2)18(16)22-14-8-7-11-15(3)4/h9,12-13,15H,5-8,10-11,14H2,1-4H3. The Morgan fingerprint density at radius 2 is 1.95 bits per heavy atom. The van der Waals surface area contributed by atoms with E-state index in [0.717, 1.165) is 37.2 Å². The van der Waals surface area contributed by atoms with Gasteiger partial charge in [0.2, 0.25) is 0 Å². The summed E-state index contributed by atoms with van der Waals surface area (Å²) in [6, 6.07) is 5.74. The molecule has 0 aromatic heterocycles. The maximum Gasteiger partial charge on any atom is 0.341 e. The minimum atomic E-state index is -0.294. The van der Waals surface area contributed by atoms with E-state index in [1.807, 2.05) is 19.1 Å². The fraction of sp³-hybridized carbons (Fsp3) is 0.632. The first-order valence-corrected chi connectivity index (χ1v) is 8.51. The molecule has 0 saturated carbocycles. The lowest BCUT2D eigenvalue weighted by molar-refractivity contribution is 0.0521. The van der Waals surface area contributed by atoms with Gasteiger partial charge in [-0.25, -0.2) is 4.79 Å². The van der Waals surface area contributed by atoms with Crippen LogP contribution >= 0.6 is 0 Å². The van der Waals surface area contributed by atoms with Crippen LogP contribution in [0.3, 0.4) is 0 Å². The van der Waals surface area contributed by atoms with Gasteiger partial charge in [-0.3, -0.25) is 0 Å². The van der Waals surface area contributed by atoms with Crippen LogP contribution in [0.4, 0.5) is 0 Å². The summed E-state index contributed by atoms with van der Waals surface area (Å²) in [6.07, 6.45) is 5.32. The Morgan fingerprint density at radius 1 is 1.18 bits per heavy atom. The first kappa shape index (κ1) is 18.5. The van der Waals surface area contributed by atoms with Crippen LogP contribution in [0.2, 0.25) is 0 Å². The van der Waals surface area contributed by atoms with E-state index < -0.39 is 0 Å². The molecule has 0 saturated heterocycles. The Labute approximate surface area is 135 Å². The predicted octanol–water partition coefficient (Wildman–Crippen LogP) is 5.02. The normalized spacial score (nSPS) is 10.8. The highest BCUT2D eigenvalue weighted by molar-refractivity contribution is 5.93. The van der Waals surface area contributed by atoms with Crippen molar-refractivity contribution < 1.29 is 14.3 Å². The monoisotopic (exact) mass is 306 g/mol. The van der Waals surface area contributed by atoms with Gasteiger partial charge in [-0.15, -0.1) is 0 Å². The number of ether oxygens (including phenoxy) is 2. The zero-order valence-electron chi connectivity index (χ0n) is 14.5. The molecular formula is C19H30O3. The molecular weight excluding hydrogens is 276 g/mol. The molecule has 0 amide bonds. The Morgan fingerprint density at radius 3 is 2.59 bits per heavy atom. The van der Waals surface area contributed by atoms with Crippen LogP contribution in [0.1, 0.15) is 69.3 Å². The highest BCUT2D eigenvalue weighted by atomic mass is 16.5. The van der Waals surface area contributed by atoms with Gasteiger partial charge in [0.05, 0.1) is 13.2 Å². The lowest BCUT2D eigenvalue weighted by Gasteiger charge is -2.15. The van der Waals surface area contributed by atoms with Gasteiger partial charge < -0.3 is 9.47 Å². The molecule has 0 spiro atoms. The van der Waals surface area contributed by atoms with Crippen LogP contribution in [-0.2, 0) is 11.2 Å². The van der Waals surface area contributed by atoms with E-state index in [1.165, 1.54) is 6.42 Å². The van der Waals surface area contributed by atoms with Crippen molar-refractivity contribution in [3.05, 3.63) is 29.3 Å². The fourth-order valence-corrected chi connectivity index (χ4v) is 2.42. The topological polar surface area (TPSA) is 35.5 Å². The molecule has 3 nitrogen and oxygen atoms in total. The molecule has 124 valence electrons. The summed E-state index contributed by atoms with van der Waals surface area (Å²) in [7, 11) is 0. The Bertz CT molecular complexity index is 452. The summed E-state index contributed by atoms with van der Waals surface area (Å²) in [5, 5.41) is 0. The van der Waals surface area contributed by atoms with E-state index in [-0.39, 0.29) is 5.97 Å². The van der Waals surface area contributed by atoms with E-state index >= 15 is 0 Å². The molecule has 0 atom stereocenters. The van der Waals surface area contributed by atoms with Gasteiger partial charge in [0.25, 0.3) is 0 Å². The van der Waals surface area contributed by atoms with Crippen molar-refractivity contribution in [2.75, 3.05) is 13.2 Å². The van der Waals surface area contributed by atoms with Crippen LogP contribution in [0, 0.1) is 5.92 Å². The van der Waals surface area contributed by atoms with Crippen LogP contribution < -0.4 is 4.74 Å². The maximum atomic E-state index is 12.1. The van der Waals surface area contributed by atoms with Crippen molar-refractivity contribution in [1.29, 1.82) is 0 Å². The van der Waals surface area contributed by atoms with E-state index in [9.17, 15) is 4.79 Å². The summed E-state index contributed by atoms with van der Waals surface area (Å²) in [5.74, 6) is 1.15. The molecule has 0 aliphatic heterocycles. The van der Waals surface area contributed by atoms with Gasteiger partial charge in [0.15, 0.2) is 0 Å². The van der Waals surface area contributed by atoms with Crippen LogP contribution in [0.25, 0.3) is 0 Å². The number of benzene rings is 1. The lowest BCUT2D eigenvalue weighted by Crippen LogP contribution is -2.10. The van der Waals surface area contributed by atoms with Gasteiger partial charge in [-0.1, -0.05) is 45.7 Å². The van der Waals surface area contributed by atoms with E-state index in [0.29, 0.717) is 24.5 Å². The number of esters is 1. The average molecular weight is 306 g/mol. The highest BCUT2D eigenvalue weighted by Crippen LogP contribution is 2.26. The number of carbonyl (C=O) groups excluding carboxylic acids is 1. The number of hydrogen-bond acceptors (Lipinski definition) is 3. The number of rotatable bonds is 10. The average Bonchev–Trinajstić information content (AvgIpc) is 2.48. The molecule has 0 aliphatic carbocycles. The van der Waals surface area contributed by atoms with Crippen LogP contribution in [0.15, 0.2) is 18.2 Å². The molecule has 0 aliphatic rings. The van der Waals surface area contributed by atoms with Crippen LogP contribution in [0.5, 0.6) is 5.75 Å². The van der Waals surface area contributed by atoms with E-state index in [1.54, 1.807) is 6.07 Å². The van der Waals surface area contributed by atoms with Gasteiger partial charge in [0.1, 0.15) is 11.3 Å². The molecule has 1 aromatic carbocycles. The zero-order valence-corrected chi connectivity index (χ0v) is 14.5. The third-order valence-corrected chi connectivity index (χ3v) is 3.53. The number of para-hydroxylation sites is 1. The van der Waals surface area contributed by atoms with Crippen LogP contribution in [-0.4, -0.2) is 19.2 Å². The quantitative estimate of drug-likeness (QED) is 0.450. The summed E-state index contributed by atoms with van der Waals surface area (Å²) >= 11 is 0. The van der Waals surface area contributed by atoms with Gasteiger partial charge >= 0.3 is 5.97 Å². The van der Waals surface area contributed by atoms with Gasteiger partial charge in [-0.2, -0.15) is 0 Å². The van der Waals surface area contributed by atoms with Gasteiger partial charge in [0, 0.05) is 0 Å². The number of hydrogen-bond donors (Lipinski definition) is 0. The Balaban J connectivity index is 2.76. The summed E-state index contributed by atoms with van der Waals surface area (Å²) in [6.45, 7) is 9.45. The third-order valence-electron chi connectivity index (χ3n) is 3.53. The second-order valence-corrected chi connectivity index (χ2v) is 6.00. The summed E-state index contributed by atoms with van der Waals surface area (Å²) in [5.41, 5.74) is 1.65. The molecule has 0 radical (unpaired) electrons. The molecule has 0 unspecified atom stereocenters. The van der Waals surface area contributed by atoms with Crippen molar-refractivity contribution in [2.45, 2.75) is 59.8 Å². The number of carbonyl (C=O) groups is 1. The smallest absolute Gasteiger partial charge is 0.341 e. The molecule has 1 rings (SSSR count). The SMILES string of the molecule is CCCc1cccc(C(=O)OCC)c1OCCCCC(C)C. The molecule has 0 bridgehead atoms. The van der Waals surface area contributed by atoms with Crippen molar-refractivity contribution >= 4 is 5.97 Å². The lowest BCUT2D eigenvalue weighted by atomic mass is 10.0. The van der Waals surface area contributed by atoms with Crippen molar-refractivity contribution in [3.8, 4) is 5.75 Å².